The lowest BCUT2D eigenvalue weighted by Crippen LogP contribution is -2.52. The van der Waals surface area contributed by atoms with E-state index < -0.39 is 90.6 Å². The van der Waals surface area contributed by atoms with Gasteiger partial charge < -0.3 is 43.2 Å². The van der Waals surface area contributed by atoms with Crippen molar-refractivity contribution in [2.24, 2.45) is 23.1 Å². The van der Waals surface area contributed by atoms with E-state index in [0.29, 0.717) is 13.0 Å². The molecule has 262 valence electrons. The highest BCUT2D eigenvalue weighted by atomic mass is 16.6. The molecule has 0 radical (unpaired) electrons. The fourth-order valence-corrected chi connectivity index (χ4v) is 3.40. The zero-order valence-electron chi connectivity index (χ0n) is 27.1. The summed E-state index contributed by atoms with van der Waals surface area (Å²) in [5.74, 6) is -6.57. The van der Waals surface area contributed by atoms with Crippen LogP contribution in [0.4, 0.5) is 0 Å². The molecule has 0 spiro atoms. The minimum atomic E-state index is -1.13. The summed E-state index contributed by atoms with van der Waals surface area (Å²) in [4.78, 5) is 96.8. The van der Waals surface area contributed by atoms with Gasteiger partial charge in [0.15, 0.2) is 0 Å². The zero-order valence-corrected chi connectivity index (χ0v) is 27.1. The number of rotatable bonds is 23. The number of Topliss-reactive ketones (excluding diaryl/α,β-unsaturated/α-hetero) is 3. The first-order chi connectivity index (χ1) is 21.3. The van der Waals surface area contributed by atoms with E-state index in [1.807, 2.05) is 0 Å². The molecule has 0 aromatic heterocycles. The maximum absolute atomic E-state index is 12.8. The van der Waals surface area contributed by atoms with E-state index in [9.17, 15) is 38.4 Å². The van der Waals surface area contributed by atoms with E-state index in [0.717, 1.165) is 0 Å². The predicted molar refractivity (Wildman–Crippen MR) is 165 cm³/mol. The maximum atomic E-state index is 12.8. The van der Waals surface area contributed by atoms with Crippen LogP contribution in [-0.4, -0.2) is 110 Å². The zero-order chi connectivity index (χ0) is 35.4. The third-order valence-electron chi connectivity index (χ3n) is 5.61. The molecule has 0 aliphatic rings. The maximum Gasteiger partial charge on any atom is 0.377 e. The van der Waals surface area contributed by atoms with Gasteiger partial charge in [-0.1, -0.05) is 13.8 Å². The first-order valence-corrected chi connectivity index (χ1v) is 14.7. The van der Waals surface area contributed by atoms with Gasteiger partial charge in [-0.3, -0.25) is 38.9 Å². The van der Waals surface area contributed by atoms with Gasteiger partial charge in [-0.05, 0) is 52.5 Å². The highest BCUT2D eigenvalue weighted by Gasteiger charge is 2.29. The fraction of sp³-hybridized carbons (Fsp3) is 0.704. The topological polar surface area (TPSA) is 308 Å². The second-order valence-electron chi connectivity index (χ2n) is 11.7. The van der Waals surface area contributed by atoms with Crippen molar-refractivity contribution in [3.63, 3.8) is 0 Å². The molecule has 0 fully saturated rings. The van der Waals surface area contributed by atoms with E-state index in [-0.39, 0.29) is 31.8 Å². The summed E-state index contributed by atoms with van der Waals surface area (Å²) in [6.45, 7) is 6.38. The molecule has 0 aliphatic heterocycles. The molecular weight excluding hydrogens is 608 g/mol. The molecule has 0 rings (SSSR count). The minimum Gasteiger partial charge on any atom is -0.454 e. The highest BCUT2D eigenvalue weighted by molar-refractivity contribution is 6.40. The molecule has 0 heterocycles. The molecule has 0 saturated carbocycles. The number of amides is 4. The molecule has 19 heteroatoms. The largest absolute Gasteiger partial charge is 0.454 e. The Kier molecular flexibility index (Phi) is 19.9. The molecule has 4 amide bonds. The normalized spacial score (nSPS) is 12.6. The van der Waals surface area contributed by atoms with Crippen molar-refractivity contribution in [3.05, 3.63) is 0 Å². The Bertz CT molecular complexity index is 1080. The average Bonchev–Trinajstić information content (AvgIpc) is 2.95. The van der Waals surface area contributed by atoms with Crippen LogP contribution in [0.15, 0.2) is 0 Å². The van der Waals surface area contributed by atoms with Crippen LogP contribution in [0, 0.1) is 5.92 Å². The van der Waals surface area contributed by atoms with Gasteiger partial charge in [-0.15, -0.1) is 0 Å². The number of ether oxygens (including phenoxy) is 1. The predicted octanol–water partition coefficient (Wildman–Crippen LogP) is -5.09. The quantitative estimate of drug-likeness (QED) is 0.0161. The van der Waals surface area contributed by atoms with Gasteiger partial charge in [0.1, 0.15) is 11.9 Å². The molecule has 46 heavy (non-hydrogen) atoms. The van der Waals surface area contributed by atoms with Crippen molar-refractivity contribution in [2.45, 2.75) is 77.9 Å². The van der Waals surface area contributed by atoms with Crippen molar-refractivity contribution in [1.82, 2.24) is 37.4 Å². The summed E-state index contributed by atoms with van der Waals surface area (Å²) in [6.07, 6.45) is 0.247. The van der Waals surface area contributed by atoms with E-state index in [2.05, 4.69) is 37.4 Å². The summed E-state index contributed by atoms with van der Waals surface area (Å²) < 4.78 is 4.90. The lowest BCUT2D eigenvalue weighted by Gasteiger charge is -2.21. The van der Waals surface area contributed by atoms with Crippen LogP contribution in [0.5, 0.6) is 0 Å². The number of nitrogens with one attached hydrogen (secondary N) is 7. The van der Waals surface area contributed by atoms with Gasteiger partial charge in [0.05, 0.1) is 44.8 Å². The molecule has 19 nitrogen and oxygen atoms in total. The van der Waals surface area contributed by atoms with Gasteiger partial charge in [-0.2, -0.15) is 0 Å². The number of ketones is 3. The van der Waals surface area contributed by atoms with Crippen molar-refractivity contribution in [2.75, 3.05) is 39.3 Å². The molecule has 2 atom stereocenters. The van der Waals surface area contributed by atoms with Crippen molar-refractivity contribution in [3.8, 4) is 0 Å². The number of hydrogen-bond donors (Lipinski definition) is 10. The third kappa shape index (κ3) is 21.0. The standard InChI is InChI=1S/C27H50N10O9/c1-15(2)9-17(37-24(44)16(28)7-6-8-31-26(29)30)23(43)18(38)10-32-20(40)12-34-22(42)14-36-35-13-21(41)33-11-19(39)25(45)46-27(3,4)5/h15-17,26,31,35-36H,6-14,28-30H2,1-5H3,(H,32,40)(H,33,41)(H,34,42)(H,37,44)/t16-,17-/m0/s1. The smallest absolute Gasteiger partial charge is 0.377 e. The Morgan fingerprint density at radius 1 is 0.717 bits per heavy atom. The lowest BCUT2D eigenvalue weighted by atomic mass is 9.97. The molecule has 0 aliphatic carbocycles. The average molecular weight is 659 g/mol. The number of carbonyl (C=O) groups is 8. The first kappa shape index (κ1) is 42.1. The van der Waals surface area contributed by atoms with E-state index >= 15 is 0 Å². The third-order valence-corrected chi connectivity index (χ3v) is 5.61. The Morgan fingerprint density at radius 3 is 1.72 bits per heavy atom. The summed E-state index contributed by atoms with van der Waals surface area (Å²) in [6, 6.07) is -2.07. The van der Waals surface area contributed by atoms with Crippen molar-refractivity contribution in [1.29, 1.82) is 0 Å². The Labute approximate surface area is 267 Å². The molecule has 0 bridgehead atoms. The van der Waals surface area contributed by atoms with Gasteiger partial charge >= 0.3 is 5.97 Å². The summed E-state index contributed by atoms with van der Waals surface area (Å²) in [5.41, 5.74) is 20.7. The van der Waals surface area contributed by atoms with Crippen LogP contribution < -0.4 is 54.6 Å². The highest BCUT2D eigenvalue weighted by Crippen LogP contribution is 2.08. The van der Waals surface area contributed by atoms with Gasteiger partial charge in [0.2, 0.25) is 35.2 Å². The number of hydrogen-bond acceptors (Lipinski definition) is 15. The molecule has 0 saturated heterocycles. The van der Waals surface area contributed by atoms with E-state index in [1.54, 1.807) is 34.6 Å². The number of carbonyl (C=O) groups excluding carboxylic acids is 8. The first-order valence-electron chi connectivity index (χ1n) is 14.7. The summed E-state index contributed by atoms with van der Waals surface area (Å²) in [5, 5.41) is 12.0. The van der Waals surface area contributed by atoms with Gasteiger partial charge in [-0.25, -0.2) is 15.6 Å². The molecule has 13 N–H and O–H groups in total. The Balaban J connectivity index is 4.44. The van der Waals surface area contributed by atoms with Crippen LogP contribution in [-0.2, 0) is 43.1 Å². The fourth-order valence-electron chi connectivity index (χ4n) is 3.40. The van der Waals surface area contributed by atoms with Crippen LogP contribution in [0.1, 0.15) is 53.9 Å². The van der Waals surface area contributed by atoms with Gasteiger partial charge in [0.25, 0.3) is 5.78 Å². The van der Waals surface area contributed by atoms with Crippen LogP contribution in [0.2, 0.25) is 0 Å². The van der Waals surface area contributed by atoms with E-state index in [1.165, 1.54) is 0 Å². The minimum absolute atomic E-state index is 0.0517. The van der Waals surface area contributed by atoms with Gasteiger partial charge in [0, 0.05) is 0 Å². The Morgan fingerprint density at radius 2 is 1.22 bits per heavy atom. The molecule has 0 unspecified atom stereocenters. The van der Waals surface area contributed by atoms with E-state index in [4.69, 9.17) is 21.9 Å². The molecule has 0 aromatic rings. The second kappa shape index (κ2) is 21.8. The lowest BCUT2D eigenvalue weighted by molar-refractivity contribution is -0.162. The Hall–Kier alpha value is -3.88. The van der Waals surface area contributed by atoms with Crippen molar-refractivity contribution < 1.29 is 43.1 Å². The SMILES string of the molecule is CC(C)C[C@H](NC(=O)[C@@H](N)CCCNC(N)N)C(=O)C(=O)CNC(=O)CNC(=O)CNNCC(=O)NCC(=O)C(=O)OC(C)(C)C. The second-order valence-corrected chi connectivity index (χ2v) is 11.7. The number of hydrazine groups is 1. The van der Waals surface area contributed by atoms with Crippen LogP contribution >= 0.6 is 0 Å². The van der Waals surface area contributed by atoms with Crippen LogP contribution in [0.25, 0.3) is 0 Å². The monoisotopic (exact) mass is 658 g/mol. The molecular formula is C27H50N10O9. The molecule has 0 aromatic carbocycles. The number of esters is 1. The van der Waals surface area contributed by atoms with Crippen LogP contribution in [0.3, 0.4) is 0 Å². The van der Waals surface area contributed by atoms with Crippen molar-refractivity contribution >= 4 is 46.9 Å². The summed E-state index contributed by atoms with van der Waals surface area (Å²) in [7, 11) is 0. The summed E-state index contributed by atoms with van der Waals surface area (Å²) >= 11 is 0. The number of nitrogens with two attached hydrogens (primary N) is 3.